The summed E-state index contributed by atoms with van der Waals surface area (Å²) < 4.78 is 6.37. The molecule has 0 unspecified atom stereocenters. The highest BCUT2D eigenvalue weighted by Crippen LogP contribution is 2.30. The Hall–Kier alpha value is -2.39. The smallest absolute Gasteiger partial charge is 0.127 e. The Kier molecular flexibility index (Phi) is 3.49. The lowest BCUT2D eigenvalue weighted by molar-refractivity contribution is 0.207. The zero-order valence-electron chi connectivity index (χ0n) is 12.3. The second-order valence-electron chi connectivity index (χ2n) is 5.68. The minimum atomic E-state index is 0.154. The van der Waals surface area contributed by atoms with Gasteiger partial charge in [0, 0.05) is 42.2 Å². The van der Waals surface area contributed by atoms with Crippen LogP contribution in [0, 0.1) is 0 Å². The van der Waals surface area contributed by atoms with Crippen molar-refractivity contribution in [2.75, 3.05) is 13.1 Å². The van der Waals surface area contributed by atoms with Gasteiger partial charge in [-0.15, -0.1) is 0 Å². The predicted octanol–water partition coefficient (Wildman–Crippen LogP) is 3.37. The van der Waals surface area contributed by atoms with Gasteiger partial charge < -0.3 is 10.1 Å². The first kappa shape index (κ1) is 13.3. The van der Waals surface area contributed by atoms with Gasteiger partial charge >= 0.3 is 0 Å². The molecule has 0 radical (unpaired) electrons. The van der Waals surface area contributed by atoms with Crippen LogP contribution in [0.3, 0.4) is 0 Å². The van der Waals surface area contributed by atoms with Crippen LogP contribution in [0.25, 0.3) is 10.8 Å². The van der Waals surface area contributed by atoms with Crippen LogP contribution in [0.5, 0.6) is 5.75 Å². The summed E-state index contributed by atoms with van der Waals surface area (Å²) in [6, 6.07) is 18.8. The molecule has 3 aromatic rings. The molecule has 1 fully saturated rings. The molecule has 2 heterocycles. The third-order valence-electron chi connectivity index (χ3n) is 4.31. The molecule has 4 rings (SSSR count). The lowest BCUT2D eigenvalue weighted by Crippen LogP contribution is -2.24. The Morgan fingerprint density at radius 2 is 1.86 bits per heavy atom. The number of nitrogens with zero attached hydrogens (tertiary/aromatic N) is 1. The summed E-state index contributed by atoms with van der Waals surface area (Å²) in [7, 11) is 0. The van der Waals surface area contributed by atoms with E-state index in [1.165, 1.54) is 5.56 Å². The molecule has 3 nitrogen and oxygen atoms in total. The molecule has 2 atom stereocenters. The molecular weight excluding hydrogens is 272 g/mol. The highest BCUT2D eigenvalue weighted by molar-refractivity contribution is 5.87. The van der Waals surface area contributed by atoms with Gasteiger partial charge in [-0.05, 0) is 17.7 Å². The summed E-state index contributed by atoms with van der Waals surface area (Å²) in [4.78, 5) is 4.18. The monoisotopic (exact) mass is 290 g/mol. The van der Waals surface area contributed by atoms with Crippen molar-refractivity contribution < 1.29 is 4.74 Å². The molecule has 1 aromatic heterocycles. The summed E-state index contributed by atoms with van der Waals surface area (Å²) >= 11 is 0. The Balaban J connectivity index is 1.64. The molecule has 0 saturated carbocycles. The lowest BCUT2D eigenvalue weighted by atomic mass is 9.96. The quantitative estimate of drug-likeness (QED) is 0.803. The highest BCUT2D eigenvalue weighted by Gasteiger charge is 2.30. The van der Waals surface area contributed by atoms with Gasteiger partial charge in [-0.25, -0.2) is 0 Å². The third-order valence-corrected chi connectivity index (χ3v) is 4.31. The van der Waals surface area contributed by atoms with Crippen LogP contribution in [-0.2, 0) is 0 Å². The minimum absolute atomic E-state index is 0.154. The van der Waals surface area contributed by atoms with E-state index < -0.39 is 0 Å². The molecule has 2 aromatic carbocycles. The number of hydrogen-bond acceptors (Lipinski definition) is 3. The van der Waals surface area contributed by atoms with E-state index >= 15 is 0 Å². The largest absolute Gasteiger partial charge is 0.488 e. The second kappa shape index (κ2) is 5.78. The number of rotatable bonds is 3. The molecule has 1 aliphatic heterocycles. The van der Waals surface area contributed by atoms with E-state index in [0.29, 0.717) is 5.92 Å². The van der Waals surface area contributed by atoms with Gasteiger partial charge in [-0.1, -0.05) is 42.5 Å². The molecule has 1 N–H and O–H groups in total. The maximum atomic E-state index is 6.37. The molecule has 0 amide bonds. The standard InChI is InChI=1S/C19H18N2O/c1-2-5-14(6-3-1)17-12-21-13-19(17)22-18-8-4-7-15-11-20-10-9-16(15)18/h1-11,17,19,21H,12-13H2/t17-,19-/m1/s1. The summed E-state index contributed by atoms with van der Waals surface area (Å²) in [5, 5.41) is 5.69. The maximum absolute atomic E-state index is 6.37. The van der Waals surface area contributed by atoms with Crippen LogP contribution in [-0.4, -0.2) is 24.2 Å². The van der Waals surface area contributed by atoms with Gasteiger partial charge in [-0.3, -0.25) is 4.98 Å². The van der Waals surface area contributed by atoms with Crippen molar-refractivity contribution >= 4 is 10.8 Å². The van der Waals surface area contributed by atoms with E-state index in [0.717, 1.165) is 29.6 Å². The van der Waals surface area contributed by atoms with Crippen molar-refractivity contribution in [3.05, 3.63) is 72.6 Å². The first-order valence-electron chi connectivity index (χ1n) is 7.67. The average Bonchev–Trinajstić information content (AvgIpc) is 3.04. The first-order valence-corrected chi connectivity index (χ1v) is 7.67. The summed E-state index contributed by atoms with van der Waals surface area (Å²) in [5.74, 6) is 1.33. The highest BCUT2D eigenvalue weighted by atomic mass is 16.5. The number of benzene rings is 2. The van der Waals surface area contributed by atoms with Gasteiger partial charge in [0.05, 0.1) is 0 Å². The molecule has 0 bridgehead atoms. The van der Waals surface area contributed by atoms with Gasteiger partial charge in [0.2, 0.25) is 0 Å². The summed E-state index contributed by atoms with van der Waals surface area (Å²) in [6.07, 6.45) is 3.85. The maximum Gasteiger partial charge on any atom is 0.127 e. The van der Waals surface area contributed by atoms with Crippen LogP contribution in [0.15, 0.2) is 67.0 Å². The third kappa shape index (κ3) is 2.44. The van der Waals surface area contributed by atoms with Crippen molar-refractivity contribution in [3.8, 4) is 5.75 Å². The number of pyridine rings is 1. The molecule has 110 valence electrons. The molecule has 1 saturated heterocycles. The normalized spacial score (nSPS) is 21.1. The fourth-order valence-corrected chi connectivity index (χ4v) is 3.17. The van der Waals surface area contributed by atoms with E-state index in [-0.39, 0.29) is 6.10 Å². The van der Waals surface area contributed by atoms with E-state index in [1.807, 2.05) is 30.6 Å². The predicted molar refractivity (Wildman–Crippen MR) is 88.2 cm³/mol. The fraction of sp³-hybridized carbons (Fsp3) is 0.211. The zero-order chi connectivity index (χ0) is 14.8. The number of aromatic nitrogens is 1. The fourth-order valence-electron chi connectivity index (χ4n) is 3.17. The van der Waals surface area contributed by atoms with Crippen LogP contribution in [0.1, 0.15) is 11.5 Å². The van der Waals surface area contributed by atoms with E-state index in [2.05, 4.69) is 46.7 Å². The molecule has 3 heteroatoms. The first-order chi connectivity index (χ1) is 10.9. The number of nitrogens with one attached hydrogen (secondary N) is 1. The Bertz CT molecular complexity index is 767. The SMILES string of the molecule is c1ccc([C@H]2CNC[C@H]2Oc2cccc3cnccc23)cc1. The van der Waals surface area contributed by atoms with Crippen LogP contribution < -0.4 is 10.1 Å². The van der Waals surface area contributed by atoms with E-state index in [4.69, 9.17) is 4.74 Å². The molecule has 0 aliphatic carbocycles. The van der Waals surface area contributed by atoms with Gasteiger partial charge in [-0.2, -0.15) is 0 Å². The van der Waals surface area contributed by atoms with Crippen molar-refractivity contribution in [2.24, 2.45) is 0 Å². The topological polar surface area (TPSA) is 34.1 Å². The van der Waals surface area contributed by atoms with Gasteiger partial charge in [0.15, 0.2) is 0 Å². The van der Waals surface area contributed by atoms with E-state index in [9.17, 15) is 0 Å². The van der Waals surface area contributed by atoms with Crippen molar-refractivity contribution in [3.63, 3.8) is 0 Å². The van der Waals surface area contributed by atoms with Crippen LogP contribution in [0.4, 0.5) is 0 Å². The average molecular weight is 290 g/mol. The van der Waals surface area contributed by atoms with Gasteiger partial charge in [0.1, 0.15) is 11.9 Å². The second-order valence-corrected chi connectivity index (χ2v) is 5.68. The molecule has 22 heavy (non-hydrogen) atoms. The molecule has 0 spiro atoms. The van der Waals surface area contributed by atoms with Crippen LogP contribution >= 0.6 is 0 Å². The van der Waals surface area contributed by atoms with Crippen molar-refractivity contribution in [2.45, 2.75) is 12.0 Å². The number of hydrogen-bond donors (Lipinski definition) is 1. The Morgan fingerprint density at radius 1 is 0.955 bits per heavy atom. The molecule has 1 aliphatic rings. The van der Waals surface area contributed by atoms with E-state index in [1.54, 1.807) is 0 Å². The van der Waals surface area contributed by atoms with Crippen molar-refractivity contribution in [1.82, 2.24) is 10.3 Å². The Labute approximate surface area is 130 Å². The zero-order valence-corrected chi connectivity index (χ0v) is 12.3. The summed E-state index contributed by atoms with van der Waals surface area (Å²) in [6.45, 7) is 1.84. The number of ether oxygens (including phenoxy) is 1. The molecular formula is C19H18N2O. The summed E-state index contributed by atoms with van der Waals surface area (Å²) in [5.41, 5.74) is 1.33. The van der Waals surface area contributed by atoms with Crippen molar-refractivity contribution in [1.29, 1.82) is 0 Å². The number of fused-ring (bicyclic) bond motifs is 1. The van der Waals surface area contributed by atoms with Gasteiger partial charge in [0.25, 0.3) is 0 Å². The Morgan fingerprint density at radius 3 is 2.77 bits per heavy atom. The lowest BCUT2D eigenvalue weighted by Gasteiger charge is -2.21. The van der Waals surface area contributed by atoms with Crippen LogP contribution in [0.2, 0.25) is 0 Å². The minimum Gasteiger partial charge on any atom is -0.488 e.